The smallest absolute Gasteiger partial charge is 0.345 e. The predicted octanol–water partition coefficient (Wildman–Crippen LogP) is -0.0111. The molecule has 11 heteroatoms. The van der Waals surface area contributed by atoms with Crippen molar-refractivity contribution in [2.45, 2.75) is 18.9 Å². The fourth-order valence-electron chi connectivity index (χ4n) is 3.76. The SMILES string of the molecule is Nc1ccc2c(c1OC(=O)c1cccnc1)C(=O)N(C1CCC(=O)N(CCO)C1=O)C2=O. The Morgan fingerprint density at radius 2 is 1.97 bits per heavy atom. The number of likely N-dealkylation sites (tertiary alicyclic amines) is 1. The van der Waals surface area contributed by atoms with Crippen molar-refractivity contribution in [3.05, 3.63) is 53.3 Å². The number of rotatable bonds is 5. The third-order valence-corrected chi connectivity index (χ3v) is 5.28. The minimum absolute atomic E-state index is 0.0453. The molecule has 2 aromatic rings. The van der Waals surface area contributed by atoms with Crippen molar-refractivity contribution < 1.29 is 33.8 Å². The average Bonchev–Trinajstić information content (AvgIpc) is 3.04. The Kier molecular flexibility index (Phi) is 5.41. The molecule has 32 heavy (non-hydrogen) atoms. The van der Waals surface area contributed by atoms with E-state index in [0.29, 0.717) is 0 Å². The molecule has 3 heterocycles. The lowest BCUT2D eigenvalue weighted by atomic mass is 10.0. The summed E-state index contributed by atoms with van der Waals surface area (Å²) in [6, 6.07) is 4.40. The topological polar surface area (TPSA) is 160 Å². The number of ether oxygens (including phenoxy) is 1. The van der Waals surface area contributed by atoms with E-state index >= 15 is 0 Å². The van der Waals surface area contributed by atoms with Crippen molar-refractivity contribution in [2.24, 2.45) is 0 Å². The molecule has 1 saturated heterocycles. The van der Waals surface area contributed by atoms with Crippen LogP contribution in [0.4, 0.5) is 5.69 Å². The van der Waals surface area contributed by atoms with E-state index in [-0.39, 0.29) is 47.5 Å². The van der Waals surface area contributed by atoms with Gasteiger partial charge in [0.25, 0.3) is 17.7 Å². The van der Waals surface area contributed by atoms with Gasteiger partial charge in [-0.2, -0.15) is 0 Å². The fourth-order valence-corrected chi connectivity index (χ4v) is 3.76. The number of anilines is 1. The van der Waals surface area contributed by atoms with Crippen molar-refractivity contribution in [3.8, 4) is 5.75 Å². The molecule has 2 aliphatic rings. The van der Waals surface area contributed by atoms with Gasteiger partial charge in [-0.15, -0.1) is 0 Å². The predicted molar refractivity (Wildman–Crippen MR) is 107 cm³/mol. The van der Waals surface area contributed by atoms with E-state index < -0.39 is 42.2 Å². The number of nitrogens with two attached hydrogens (primary N) is 1. The van der Waals surface area contributed by atoms with E-state index in [1.165, 1.54) is 36.7 Å². The zero-order valence-electron chi connectivity index (χ0n) is 16.7. The highest BCUT2D eigenvalue weighted by atomic mass is 16.5. The number of nitrogens with zero attached hydrogens (tertiary/aromatic N) is 3. The number of β-amino-alcohol motifs (C(OH)–C–C–N with tert-alkyl or cyclic N) is 1. The van der Waals surface area contributed by atoms with Crippen LogP contribution < -0.4 is 10.5 Å². The normalized spacial score (nSPS) is 18.2. The van der Waals surface area contributed by atoms with Crippen LogP contribution >= 0.6 is 0 Å². The second kappa shape index (κ2) is 8.19. The first-order chi connectivity index (χ1) is 15.3. The van der Waals surface area contributed by atoms with Crippen LogP contribution in [0.2, 0.25) is 0 Å². The quantitative estimate of drug-likeness (QED) is 0.283. The van der Waals surface area contributed by atoms with Gasteiger partial charge in [0.05, 0.1) is 35.5 Å². The molecule has 1 atom stereocenters. The lowest BCUT2D eigenvalue weighted by Crippen LogP contribution is -2.56. The first-order valence-corrected chi connectivity index (χ1v) is 9.72. The van der Waals surface area contributed by atoms with Gasteiger partial charge in [-0.3, -0.25) is 34.0 Å². The Hall–Kier alpha value is -4.12. The summed E-state index contributed by atoms with van der Waals surface area (Å²) in [7, 11) is 0. The number of nitrogen functional groups attached to an aromatic ring is 1. The molecule has 0 aliphatic carbocycles. The molecule has 0 bridgehead atoms. The third kappa shape index (κ3) is 3.38. The fraction of sp³-hybridized carbons (Fsp3) is 0.238. The van der Waals surface area contributed by atoms with E-state index in [4.69, 9.17) is 15.6 Å². The third-order valence-electron chi connectivity index (χ3n) is 5.28. The summed E-state index contributed by atoms with van der Waals surface area (Å²) in [5.41, 5.74) is 5.70. The number of pyridine rings is 1. The Labute approximate surface area is 181 Å². The first-order valence-electron chi connectivity index (χ1n) is 9.72. The lowest BCUT2D eigenvalue weighted by molar-refractivity contribution is -0.152. The molecule has 0 spiro atoms. The lowest BCUT2D eigenvalue weighted by Gasteiger charge is -2.34. The molecular weight excluding hydrogens is 420 g/mol. The number of benzene rings is 1. The molecule has 3 N–H and O–H groups in total. The summed E-state index contributed by atoms with van der Waals surface area (Å²) in [6.45, 7) is -0.685. The van der Waals surface area contributed by atoms with Gasteiger partial charge in [0.2, 0.25) is 5.91 Å². The van der Waals surface area contributed by atoms with Crippen LogP contribution in [-0.2, 0) is 9.59 Å². The van der Waals surface area contributed by atoms with Gasteiger partial charge >= 0.3 is 5.97 Å². The maximum Gasteiger partial charge on any atom is 0.345 e. The summed E-state index contributed by atoms with van der Waals surface area (Å²) in [5, 5.41) is 9.14. The summed E-state index contributed by atoms with van der Waals surface area (Å²) in [6.07, 6.45) is 2.62. The number of amides is 4. The molecule has 0 radical (unpaired) electrons. The molecule has 1 unspecified atom stereocenters. The van der Waals surface area contributed by atoms with Crippen LogP contribution in [-0.4, -0.2) is 68.7 Å². The second-order valence-electron chi connectivity index (χ2n) is 7.18. The second-order valence-corrected chi connectivity index (χ2v) is 7.18. The Morgan fingerprint density at radius 1 is 1.19 bits per heavy atom. The first kappa shape index (κ1) is 21.1. The van der Waals surface area contributed by atoms with Gasteiger partial charge in [-0.05, 0) is 30.7 Å². The molecule has 4 rings (SSSR count). The molecule has 11 nitrogen and oxygen atoms in total. The van der Waals surface area contributed by atoms with E-state index in [9.17, 15) is 24.0 Å². The average molecular weight is 438 g/mol. The number of piperidine rings is 1. The number of aromatic nitrogens is 1. The van der Waals surface area contributed by atoms with E-state index in [1.807, 2.05) is 0 Å². The number of aliphatic hydroxyl groups excluding tert-OH is 1. The molecule has 4 amide bonds. The minimum atomic E-state index is -1.23. The molecule has 1 aromatic carbocycles. The van der Waals surface area contributed by atoms with Crippen molar-refractivity contribution in [1.29, 1.82) is 0 Å². The van der Waals surface area contributed by atoms with Crippen LogP contribution in [0.15, 0.2) is 36.7 Å². The van der Waals surface area contributed by atoms with Gasteiger partial charge in [0, 0.05) is 18.8 Å². The Bertz CT molecular complexity index is 1150. The number of imide groups is 2. The van der Waals surface area contributed by atoms with E-state index in [2.05, 4.69) is 4.98 Å². The van der Waals surface area contributed by atoms with Crippen LogP contribution in [0.1, 0.15) is 43.9 Å². The summed E-state index contributed by atoms with van der Waals surface area (Å²) >= 11 is 0. The Morgan fingerprint density at radius 3 is 2.66 bits per heavy atom. The number of fused-ring (bicyclic) bond motifs is 1. The number of esters is 1. The van der Waals surface area contributed by atoms with Crippen LogP contribution in [0.25, 0.3) is 0 Å². The van der Waals surface area contributed by atoms with Gasteiger partial charge in [0.1, 0.15) is 6.04 Å². The molecule has 0 saturated carbocycles. The summed E-state index contributed by atoms with van der Waals surface area (Å²) in [4.78, 5) is 69.0. The summed E-state index contributed by atoms with van der Waals surface area (Å²) in [5.74, 6) is -3.99. The van der Waals surface area contributed by atoms with Crippen LogP contribution in [0.5, 0.6) is 5.75 Å². The highest BCUT2D eigenvalue weighted by Gasteiger charge is 2.48. The number of aliphatic hydroxyl groups is 1. The number of carbonyl (C=O) groups excluding carboxylic acids is 5. The zero-order valence-corrected chi connectivity index (χ0v) is 16.7. The molecule has 1 fully saturated rings. The maximum atomic E-state index is 13.2. The molecule has 1 aromatic heterocycles. The number of hydrogen-bond acceptors (Lipinski definition) is 9. The van der Waals surface area contributed by atoms with Gasteiger partial charge in [-0.1, -0.05) is 0 Å². The zero-order chi connectivity index (χ0) is 23.0. The van der Waals surface area contributed by atoms with Gasteiger partial charge in [0.15, 0.2) is 5.75 Å². The molecule has 164 valence electrons. The van der Waals surface area contributed by atoms with Gasteiger partial charge < -0.3 is 15.6 Å². The van der Waals surface area contributed by atoms with Crippen molar-refractivity contribution >= 4 is 35.3 Å². The van der Waals surface area contributed by atoms with Gasteiger partial charge in [-0.25, -0.2) is 4.79 Å². The van der Waals surface area contributed by atoms with Crippen LogP contribution in [0.3, 0.4) is 0 Å². The standard InChI is InChI=1S/C21H18N4O7/c22-13-4-3-12-16(17(13)32-21(31)11-2-1-7-23-10-11)20(30)25(18(12)28)14-5-6-15(27)24(8-9-26)19(14)29/h1-4,7,10,14,26H,5-6,8-9,22H2. The minimum Gasteiger partial charge on any atom is -0.420 e. The van der Waals surface area contributed by atoms with E-state index in [1.54, 1.807) is 0 Å². The van der Waals surface area contributed by atoms with Crippen molar-refractivity contribution in [2.75, 3.05) is 18.9 Å². The molecule has 2 aliphatic heterocycles. The highest BCUT2D eigenvalue weighted by molar-refractivity contribution is 6.25. The van der Waals surface area contributed by atoms with Crippen molar-refractivity contribution in [1.82, 2.24) is 14.8 Å². The monoisotopic (exact) mass is 438 g/mol. The number of carbonyl (C=O) groups is 5. The Balaban J connectivity index is 1.68. The van der Waals surface area contributed by atoms with E-state index in [0.717, 1.165) is 9.80 Å². The summed E-state index contributed by atoms with van der Waals surface area (Å²) < 4.78 is 5.35. The number of hydrogen-bond donors (Lipinski definition) is 2. The van der Waals surface area contributed by atoms with Crippen LogP contribution in [0, 0.1) is 0 Å². The highest BCUT2D eigenvalue weighted by Crippen LogP contribution is 2.38. The molecular formula is C21H18N4O7. The largest absolute Gasteiger partial charge is 0.420 e. The van der Waals surface area contributed by atoms with Crippen molar-refractivity contribution in [3.63, 3.8) is 0 Å². The maximum absolute atomic E-state index is 13.2.